The van der Waals surface area contributed by atoms with E-state index in [2.05, 4.69) is 10.6 Å². The van der Waals surface area contributed by atoms with Gasteiger partial charge in [0.2, 0.25) is 5.91 Å². The minimum absolute atomic E-state index is 0.0535. The number of amides is 3. The van der Waals surface area contributed by atoms with Crippen LogP contribution in [0.3, 0.4) is 0 Å². The Morgan fingerprint density at radius 1 is 0.925 bits per heavy atom. The van der Waals surface area contributed by atoms with Crippen molar-refractivity contribution in [3.05, 3.63) is 89.5 Å². The molecule has 0 heterocycles. The molecule has 0 aliphatic carbocycles. The van der Waals surface area contributed by atoms with Crippen molar-refractivity contribution in [2.24, 2.45) is 0 Å². The van der Waals surface area contributed by atoms with E-state index in [1.165, 1.54) is 29.2 Å². The summed E-state index contributed by atoms with van der Waals surface area (Å²) >= 11 is 0. The normalized spacial score (nSPS) is 12.6. The topological polar surface area (TPSA) is 128 Å². The highest BCUT2D eigenvalue weighted by Gasteiger charge is 2.36. The van der Waals surface area contributed by atoms with Crippen LogP contribution in [0.2, 0.25) is 0 Å². The number of aryl methyl sites for hydroxylation is 1. The van der Waals surface area contributed by atoms with Gasteiger partial charge < -0.3 is 30.5 Å². The molecule has 4 N–H and O–H groups in total. The molecule has 0 saturated heterocycles. The highest BCUT2D eigenvalue weighted by molar-refractivity contribution is 5.99. The third-order valence-electron chi connectivity index (χ3n) is 6.14. The molecular formula is C31H37N3O6. The van der Waals surface area contributed by atoms with E-state index in [1.807, 2.05) is 19.1 Å². The molecule has 3 aromatic carbocycles. The van der Waals surface area contributed by atoms with Crippen LogP contribution in [0.15, 0.2) is 72.8 Å². The largest absolute Gasteiger partial charge is 0.508 e. The summed E-state index contributed by atoms with van der Waals surface area (Å²) in [5.41, 5.74) is 1.73. The molecule has 0 aliphatic rings. The molecule has 2 atom stereocenters. The van der Waals surface area contributed by atoms with Crippen LogP contribution in [0, 0.1) is 6.92 Å². The molecule has 2 unspecified atom stereocenters. The summed E-state index contributed by atoms with van der Waals surface area (Å²) in [4.78, 5) is 42.1. The second-order valence-corrected chi connectivity index (χ2v) is 10.5. The fourth-order valence-corrected chi connectivity index (χ4v) is 4.27. The van der Waals surface area contributed by atoms with Gasteiger partial charge >= 0.3 is 6.09 Å². The summed E-state index contributed by atoms with van der Waals surface area (Å²) < 4.78 is 5.42. The van der Waals surface area contributed by atoms with Crippen molar-refractivity contribution in [2.45, 2.75) is 58.7 Å². The van der Waals surface area contributed by atoms with Crippen LogP contribution >= 0.6 is 0 Å². The van der Waals surface area contributed by atoms with Gasteiger partial charge in [0.05, 0.1) is 0 Å². The first-order valence-electron chi connectivity index (χ1n) is 13.1. The monoisotopic (exact) mass is 547 g/mol. The Bertz CT molecular complexity index is 1330. The van der Waals surface area contributed by atoms with Crippen molar-refractivity contribution in [2.75, 3.05) is 11.9 Å². The van der Waals surface area contributed by atoms with Crippen molar-refractivity contribution in [1.82, 2.24) is 10.2 Å². The number of rotatable bonds is 9. The van der Waals surface area contributed by atoms with Crippen LogP contribution in [0.4, 0.5) is 10.5 Å². The number of nitrogens with one attached hydrogen (secondary N) is 2. The first kappa shape index (κ1) is 30.0. The molecule has 9 heteroatoms. The van der Waals surface area contributed by atoms with Gasteiger partial charge in [-0.1, -0.05) is 42.5 Å². The van der Waals surface area contributed by atoms with E-state index in [4.69, 9.17) is 4.74 Å². The van der Waals surface area contributed by atoms with Crippen molar-refractivity contribution >= 4 is 23.6 Å². The van der Waals surface area contributed by atoms with Gasteiger partial charge in [0, 0.05) is 18.7 Å². The Balaban J connectivity index is 2.01. The first-order chi connectivity index (χ1) is 18.9. The molecule has 3 amide bonds. The van der Waals surface area contributed by atoms with Crippen molar-refractivity contribution in [3.8, 4) is 11.5 Å². The SMILES string of the molecule is CCN(C(=O)C(Cc1ccc(O)cc1)NC(=O)OC(C)(C)C)C(C(=O)Nc1ccccc1C)c1cccc(O)c1. The minimum atomic E-state index is -1.12. The van der Waals surface area contributed by atoms with Crippen LogP contribution in [-0.4, -0.2) is 51.2 Å². The zero-order valence-electron chi connectivity index (χ0n) is 23.5. The maximum atomic E-state index is 14.1. The number of nitrogens with zero attached hydrogens (tertiary/aromatic N) is 1. The number of carbonyl (C=O) groups excluding carboxylic acids is 3. The molecule has 3 rings (SSSR count). The van der Waals surface area contributed by atoms with Crippen LogP contribution < -0.4 is 10.6 Å². The third-order valence-corrected chi connectivity index (χ3v) is 6.14. The predicted molar refractivity (Wildman–Crippen MR) is 153 cm³/mol. The summed E-state index contributed by atoms with van der Waals surface area (Å²) in [7, 11) is 0. The summed E-state index contributed by atoms with van der Waals surface area (Å²) in [6.45, 7) is 8.88. The number of benzene rings is 3. The molecule has 0 radical (unpaired) electrons. The lowest BCUT2D eigenvalue weighted by molar-refractivity contribution is -0.140. The Morgan fingerprint density at radius 3 is 2.20 bits per heavy atom. The van der Waals surface area contributed by atoms with E-state index in [0.29, 0.717) is 16.8 Å². The number of alkyl carbamates (subject to hydrolysis) is 1. The number of hydrogen-bond donors (Lipinski definition) is 4. The average Bonchev–Trinajstić information content (AvgIpc) is 2.88. The number of likely N-dealkylation sites (N-methyl/N-ethyl adjacent to an activating group) is 1. The molecule has 9 nitrogen and oxygen atoms in total. The maximum Gasteiger partial charge on any atom is 0.408 e. The number of hydrogen-bond acceptors (Lipinski definition) is 6. The number of aromatic hydroxyl groups is 2. The lowest BCUT2D eigenvalue weighted by Gasteiger charge is -2.34. The molecule has 0 spiro atoms. The number of carbonyl (C=O) groups is 3. The molecule has 0 aromatic heterocycles. The van der Waals surface area contributed by atoms with Crippen LogP contribution in [0.25, 0.3) is 0 Å². The Morgan fingerprint density at radius 2 is 1.60 bits per heavy atom. The molecule has 0 bridgehead atoms. The molecule has 40 heavy (non-hydrogen) atoms. The van der Waals surface area contributed by atoms with Gasteiger partial charge in [0.1, 0.15) is 29.2 Å². The zero-order valence-corrected chi connectivity index (χ0v) is 23.5. The van der Waals surface area contributed by atoms with Gasteiger partial charge in [-0.25, -0.2) is 4.79 Å². The van der Waals surface area contributed by atoms with Crippen molar-refractivity contribution in [3.63, 3.8) is 0 Å². The van der Waals surface area contributed by atoms with Gasteiger partial charge in [0.25, 0.3) is 5.91 Å². The van der Waals surface area contributed by atoms with Gasteiger partial charge in [-0.05, 0) is 81.6 Å². The van der Waals surface area contributed by atoms with Crippen molar-refractivity contribution in [1.29, 1.82) is 0 Å². The Hall–Kier alpha value is -4.53. The van der Waals surface area contributed by atoms with E-state index in [0.717, 1.165) is 5.56 Å². The molecule has 212 valence electrons. The Kier molecular flexibility index (Phi) is 9.77. The number of para-hydroxylation sites is 1. The van der Waals surface area contributed by atoms with E-state index in [1.54, 1.807) is 64.1 Å². The summed E-state index contributed by atoms with van der Waals surface area (Å²) in [6, 6.07) is 17.5. The maximum absolute atomic E-state index is 14.1. The second kappa shape index (κ2) is 13.0. The fraction of sp³-hybridized carbons (Fsp3) is 0.323. The zero-order chi connectivity index (χ0) is 29.4. The second-order valence-electron chi connectivity index (χ2n) is 10.5. The van der Waals surface area contributed by atoms with Gasteiger partial charge in [-0.3, -0.25) is 9.59 Å². The van der Waals surface area contributed by atoms with E-state index >= 15 is 0 Å². The third kappa shape index (κ3) is 8.23. The lowest BCUT2D eigenvalue weighted by atomic mass is 10.00. The van der Waals surface area contributed by atoms with E-state index in [9.17, 15) is 24.6 Å². The molecule has 3 aromatic rings. The quantitative estimate of drug-likeness (QED) is 0.296. The van der Waals surface area contributed by atoms with E-state index < -0.39 is 35.6 Å². The first-order valence-corrected chi connectivity index (χ1v) is 13.1. The van der Waals surface area contributed by atoms with Crippen LogP contribution in [0.1, 0.15) is 50.4 Å². The molecule has 0 fully saturated rings. The van der Waals surface area contributed by atoms with Crippen LogP contribution in [0.5, 0.6) is 11.5 Å². The number of phenols is 2. The summed E-state index contributed by atoms with van der Waals surface area (Å²) in [6.07, 6.45) is -0.694. The summed E-state index contributed by atoms with van der Waals surface area (Å²) in [5.74, 6) is -0.980. The molecular weight excluding hydrogens is 510 g/mol. The highest BCUT2D eigenvalue weighted by Crippen LogP contribution is 2.28. The average molecular weight is 548 g/mol. The highest BCUT2D eigenvalue weighted by atomic mass is 16.6. The standard InChI is InChI=1S/C31H37N3O6/c1-6-34(27(22-11-9-12-24(36)19-22)28(37)32-25-13-8-7-10-20(25)2)29(38)26(33-30(39)40-31(3,4)5)18-21-14-16-23(35)17-15-21/h7-17,19,26-27,35-36H,6,18H2,1-5H3,(H,32,37)(H,33,39). The van der Waals surface area contributed by atoms with Crippen molar-refractivity contribution < 1.29 is 29.3 Å². The van der Waals surface area contributed by atoms with Gasteiger partial charge in [-0.2, -0.15) is 0 Å². The van der Waals surface area contributed by atoms with Gasteiger partial charge in [-0.15, -0.1) is 0 Å². The minimum Gasteiger partial charge on any atom is -0.508 e. The molecule has 0 aliphatic heterocycles. The lowest BCUT2D eigenvalue weighted by Crippen LogP contribution is -2.53. The summed E-state index contributed by atoms with van der Waals surface area (Å²) in [5, 5.41) is 25.5. The molecule has 0 saturated carbocycles. The smallest absolute Gasteiger partial charge is 0.408 e. The predicted octanol–water partition coefficient (Wildman–Crippen LogP) is 5.07. The Labute approximate surface area is 234 Å². The number of phenolic OH excluding ortho intramolecular Hbond substituents is 2. The van der Waals surface area contributed by atoms with Gasteiger partial charge in [0.15, 0.2) is 0 Å². The fourth-order valence-electron chi connectivity index (χ4n) is 4.27. The van der Waals surface area contributed by atoms with E-state index in [-0.39, 0.29) is 24.5 Å². The number of ether oxygens (including phenoxy) is 1. The van der Waals surface area contributed by atoms with Crippen LogP contribution in [-0.2, 0) is 20.7 Å². The number of anilines is 1.